The van der Waals surface area contributed by atoms with E-state index in [-0.39, 0.29) is 29.4 Å². The molecule has 9 heteroatoms. The van der Waals surface area contributed by atoms with Crippen LogP contribution in [0, 0.1) is 24.2 Å². The summed E-state index contributed by atoms with van der Waals surface area (Å²) < 4.78 is 27.9. The minimum atomic E-state index is -0.781. The molecule has 6 atom stereocenters. The Kier molecular flexibility index (Phi) is 15.3. The van der Waals surface area contributed by atoms with Crippen molar-refractivity contribution in [2.24, 2.45) is 0 Å². The number of phenols is 1. The van der Waals surface area contributed by atoms with Gasteiger partial charge < -0.3 is 28.8 Å². The van der Waals surface area contributed by atoms with E-state index in [4.69, 9.17) is 23.7 Å². The Morgan fingerprint density at radius 3 is 1.56 bits per heavy atom. The van der Waals surface area contributed by atoms with Crippen molar-refractivity contribution < 1.29 is 38.4 Å². The van der Waals surface area contributed by atoms with Crippen LogP contribution in [0.3, 0.4) is 0 Å². The van der Waals surface area contributed by atoms with Gasteiger partial charge in [0.15, 0.2) is 6.29 Å². The van der Waals surface area contributed by atoms with E-state index in [9.17, 15) is 20.0 Å². The topological polar surface area (TPSA) is 124 Å². The molecule has 4 aromatic rings. The van der Waals surface area contributed by atoms with E-state index in [1.165, 1.54) is 6.42 Å². The number of rotatable bonds is 16. The number of hydrogen-bond acceptors (Lipinski definition) is 9. The van der Waals surface area contributed by atoms with E-state index in [0.717, 1.165) is 27.8 Å². The molecule has 302 valence electrons. The number of phenolic OH excluding ortho intramolecular Hbond substituents is 1. The monoisotopic (exact) mass is 775 g/mol. The van der Waals surface area contributed by atoms with Crippen LogP contribution in [0.2, 0.25) is 0 Å². The van der Waals surface area contributed by atoms with E-state index < -0.39 is 35.5 Å². The number of esters is 1. The maximum Gasteiger partial charge on any atom is 0.514 e. The second-order valence-electron chi connectivity index (χ2n) is 16.2. The summed E-state index contributed by atoms with van der Waals surface area (Å²) in [7, 11) is 0. The lowest BCUT2D eigenvalue weighted by Crippen LogP contribution is -2.26. The van der Waals surface area contributed by atoms with Gasteiger partial charge >= 0.3 is 12.1 Å². The lowest BCUT2D eigenvalue weighted by Gasteiger charge is -2.37. The molecule has 2 radical (unpaired) electrons. The molecule has 0 amide bonds. The number of carbonyl (C=O) groups excluding carboxylic acids is 2. The van der Waals surface area contributed by atoms with Crippen molar-refractivity contribution in [1.82, 2.24) is 0 Å². The Morgan fingerprint density at radius 1 is 0.667 bits per heavy atom. The van der Waals surface area contributed by atoms with Crippen LogP contribution < -0.4 is 9.47 Å². The molecule has 4 rings (SSSR count). The summed E-state index contributed by atoms with van der Waals surface area (Å²) in [5.41, 5.74) is 3.59. The van der Waals surface area contributed by atoms with Crippen LogP contribution in [-0.4, -0.2) is 41.3 Å². The van der Waals surface area contributed by atoms with E-state index in [1.54, 1.807) is 72.2 Å². The Balaban J connectivity index is 1.77. The standard InChI is InChI=1S/C48H57NO8/c1-11-53-33(4)54-41-25-18-37(19-26-41)45(32(3)35-16-23-40(50)24-17-35)44(38-20-27-42(28-21-38)55-46(52)57-48(8,9)10)31(2)34-12-14-36(15-13-34)39(30-49)22-29-43(51)56-47(5,6)7/h12-29,31-33,39,44-45,50H,11H2,1-10H3. The van der Waals surface area contributed by atoms with Crippen molar-refractivity contribution in [3.63, 3.8) is 0 Å². The molecule has 1 N–H and O–H groups in total. The van der Waals surface area contributed by atoms with Gasteiger partial charge in [-0.1, -0.05) is 74.5 Å². The molecular formula is C48H57NO8. The predicted octanol–water partition coefficient (Wildman–Crippen LogP) is 11.3. The minimum absolute atomic E-state index is 0.0370. The zero-order valence-corrected chi connectivity index (χ0v) is 34.8. The zero-order chi connectivity index (χ0) is 41.9. The van der Waals surface area contributed by atoms with Gasteiger partial charge in [-0.3, -0.25) is 4.79 Å². The first-order chi connectivity index (χ1) is 26.9. The third-order valence-corrected chi connectivity index (χ3v) is 9.50. The lowest BCUT2D eigenvalue weighted by molar-refractivity contribution is -0.150. The molecule has 0 saturated heterocycles. The number of benzene rings is 4. The van der Waals surface area contributed by atoms with Crippen LogP contribution in [-0.2, 0) is 19.0 Å². The molecule has 0 fully saturated rings. The number of nitrogens with zero attached hydrogens (tertiary/aromatic N) is 1. The maximum atomic E-state index is 12.5. The molecule has 0 spiro atoms. The van der Waals surface area contributed by atoms with E-state index >= 15 is 0 Å². The molecule has 0 aliphatic heterocycles. The average Bonchev–Trinajstić information content (AvgIpc) is 3.13. The van der Waals surface area contributed by atoms with Gasteiger partial charge in [0.25, 0.3) is 0 Å². The Bertz CT molecular complexity index is 1920. The van der Waals surface area contributed by atoms with Crippen LogP contribution >= 0.6 is 0 Å². The summed E-state index contributed by atoms with van der Waals surface area (Å²) >= 11 is 0. The number of aromatic hydroxyl groups is 1. The van der Waals surface area contributed by atoms with Crippen LogP contribution in [0.25, 0.3) is 0 Å². The van der Waals surface area contributed by atoms with Crippen molar-refractivity contribution >= 4 is 12.1 Å². The summed E-state index contributed by atoms with van der Waals surface area (Å²) in [5, 5.41) is 20.2. The fourth-order valence-electron chi connectivity index (χ4n) is 6.91. The third kappa shape index (κ3) is 13.4. The van der Waals surface area contributed by atoms with Crippen molar-refractivity contribution in [3.8, 4) is 23.3 Å². The van der Waals surface area contributed by atoms with Gasteiger partial charge in [0.1, 0.15) is 28.5 Å². The van der Waals surface area contributed by atoms with Crippen molar-refractivity contribution in [2.75, 3.05) is 6.61 Å². The van der Waals surface area contributed by atoms with Gasteiger partial charge in [0.2, 0.25) is 0 Å². The summed E-state index contributed by atoms with van der Waals surface area (Å²) in [5.74, 6) is -0.273. The highest BCUT2D eigenvalue weighted by atomic mass is 16.7. The lowest BCUT2D eigenvalue weighted by atomic mass is 9.66. The first kappa shape index (κ1) is 44.4. The highest BCUT2D eigenvalue weighted by Gasteiger charge is 2.35. The normalized spacial score (nSPS) is 14.9. The van der Waals surface area contributed by atoms with Gasteiger partial charge in [-0.05, 0) is 150 Å². The van der Waals surface area contributed by atoms with Crippen LogP contribution in [0.15, 0.2) is 97.1 Å². The highest BCUT2D eigenvalue weighted by Crippen LogP contribution is 2.50. The molecule has 9 nitrogen and oxygen atoms in total. The van der Waals surface area contributed by atoms with Crippen molar-refractivity contribution in [3.05, 3.63) is 138 Å². The van der Waals surface area contributed by atoms with Gasteiger partial charge in [-0.2, -0.15) is 5.26 Å². The molecule has 0 bridgehead atoms. The summed E-state index contributed by atoms with van der Waals surface area (Å²) in [6.45, 7) is 19.4. The van der Waals surface area contributed by atoms with Crippen LogP contribution in [0.1, 0.15) is 127 Å². The number of nitriles is 1. The number of hydrogen-bond donors (Lipinski definition) is 1. The Morgan fingerprint density at radius 2 is 1.11 bits per heavy atom. The fourth-order valence-corrected chi connectivity index (χ4v) is 6.91. The van der Waals surface area contributed by atoms with E-state index in [2.05, 4.69) is 32.0 Å². The van der Waals surface area contributed by atoms with E-state index in [0.29, 0.717) is 18.1 Å². The largest absolute Gasteiger partial charge is 0.514 e. The van der Waals surface area contributed by atoms with Crippen molar-refractivity contribution in [2.45, 2.75) is 116 Å². The fraction of sp³-hybridized carbons (Fsp3) is 0.396. The van der Waals surface area contributed by atoms with Crippen LogP contribution in [0.5, 0.6) is 17.2 Å². The smallest absolute Gasteiger partial charge is 0.508 e. The molecule has 57 heavy (non-hydrogen) atoms. The first-order valence-electron chi connectivity index (χ1n) is 19.5. The molecular weight excluding hydrogens is 719 g/mol. The summed E-state index contributed by atoms with van der Waals surface area (Å²) in [6.07, 6.45) is 1.69. The SMILES string of the molecule is CCOC(C)Oc1ccc(C(C(C)c2ccc(O)cc2)C(c2ccc(OC(=O)OC(C)(C)C)cc2)C(C)c2ccc(C(C#N)[CH][CH]C(=O)OC(C)(C)C)cc2)cc1. The van der Waals surface area contributed by atoms with Crippen molar-refractivity contribution in [1.29, 1.82) is 5.26 Å². The Hall–Kier alpha value is -5.33. The van der Waals surface area contributed by atoms with Gasteiger partial charge in [-0.25, -0.2) is 4.79 Å². The van der Waals surface area contributed by atoms with Gasteiger partial charge in [0, 0.05) is 6.61 Å². The molecule has 0 aliphatic rings. The third-order valence-electron chi connectivity index (χ3n) is 9.50. The second kappa shape index (κ2) is 19.7. The summed E-state index contributed by atoms with van der Waals surface area (Å²) in [6, 6.07) is 33.2. The summed E-state index contributed by atoms with van der Waals surface area (Å²) in [4.78, 5) is 24.9. The second-order valence-corrected chi connectivity index (χ2v) is 16.2. The van der Waals surface area contributed by atoms with E-state index in [1.807, 2.05) is 74.5 Å². The van der Waals surface area contributed by atoms with Gasteiger partial charge in [0.05, 0.1) is 18.4 Å². The molecule has 4 aromatic carbocycles. The highest BCUT2D eigenvalue weighted by molar-refractivity contribution is 5.81. The molecule has 0 aromatic heterocycles. The van der Waals surface area contributed by atoms with Gasteiger partial charge in [-0.15, -0.1) is 0 Å². The first-order valence-corrected chi connectivity index (χ1v) is 19.5. The molecule has 6 unspecified atom stereocenters. The molecule has 0 heterocycles. The van der Waals surface area contributed by atoms with Crippen LogP contribution in [0.4, 0.5) is 4.79 Å². The number of ether oxygens (including phenoxy) is 5. The molecule has 0 aliphatic carbocycles. The quantitative estimate of drug-likeness (QED) is 0.0672. The zero-order valence-electron chi connectivity index (χ0n) is 34.8. The minimum Gasteiger partial charge on any atom is -0.508 e. The maximum absolute atomic E-state index is 12.5. The Labute approximate surface area is 338 Å². The average molecular weight is 776 g/mol. The predicted molar refractivity (Wildman–Crippen MR) is 221 cm³/mol. The number of carbonyl (C=O) groups is 2. The molecule has 0 saturated carbocycles.